The third-order valence-corrected chi connectivity index (χ3v) is 4.54. The number of aliphatic hydroxyl groups excluding tert-OH is 1. The first-order valence-corrected chi connectivity index (χ1v) is 7.72. The molecule has 21 heavy (non-hydrogen) atoms. The van der Waals surface area contributed by atoms with Crippen molar-refractivity contribution in [2.45, 2.75) is 17.9 Å². The van der Waals surface area contributed by atoms with E-state index in [0.717, 1.165) is 5.56 Å². The Bertz CT molecular complexity index is 598. The van der Waals surface area contributed by atoms with E-state index in [1.807, 2.05) is 24.3 Å². The van der Waals surface area contributed by atoms with Gasteiger partial charge in [-0.05, 0) is 30.7 Å². The molecular weight excluding hydrogens is 284 g/mol. The zero-order valence-electron chi connectivity index (χ0n) is 12.5. The van der Waals surface area contributed by atoms with Crippen LogP contribution in [0.4, 0.5) is 0 Å². The van der Waals surface area contributed by atoms with Gasteiger partial charge in [0.1, 0.15) is 11.5 Å². The molecule has 0 saturated carbocycles. The van der Waals surface area contributed by atoms with Gasteiger partial charge in [-0.2, -0.15) is 0 Å². The first kappa shape index (κ1) is 15.7. The monoisotopic (exact) mass is 304 g/mol. The van der Waals surface area contributed by atoms with Gasteiger partial charge in [-0.3, -0.25) is 0 Å². The van der Waals surface area contributed by atoms with Crippen LogP contribution >= 0.6 is 11.8 Å². The number of benzene rings is 2. The van der Waals surface area contributed by atoms with Crippen molar-refractivity contribution in [2.75, 3.05) is 20.0 Å². The molecule has 0 heterocycles. The second kappa shape index (κ2) is 7.38. The SMILES string of the molecule is COc1ccc(C(O)CSc2ccccc2C)c(OC)c1. The van der Waals surface area contributed by atoms with E-state index in [0.29, 0.717) is 17.3 Å². The van der Waals surface area contributed by atoms with Gasteiger partial charge in [-0.15, -0.1) is 11.8 Å². The molecule has 1 atom stereocenters. The first-order valence-electron chi connectivity index (χ1n) is 6.74. The molecule has 1 N–H and O–H groups in total. The van der Waals surface area contributed by atoms with Crippen LogP contribution in [0.15, 0.2) is 47.4 Å². The van der Waals surface area contributed by atoms with Gasteiger partial charge in [-0.25, -0.2) is 0 Å². The van der Waals surface area contributed by atoms with Gasteiger partial charge >= 0.3 is 0 Å². The Morgan fingerprint density at radius 3 is 2.52 bits per heavy atom. The molecule has 0 saturated heterocycles. The Hall–Kier alpha value is -1.65. The fourth-order valence-electron chi connectivity index (χ4n) is 2.07. The van der Waals surface area contributed by atoms with Gasteiger partial charge in [0.2, 0.25) is 0 Å². The highest BCUT2D eigenvalue weighted by molar-refractivity contribution is 7.99. The maximum atomic E-state index is 10.4. The minimum atomic E-state index is -0.588. The molecule has 0 aliphatic rings. The Labute approximate surface area is 129 Å². The summed E-state index contributed by atoms with van der Waals surface area (Å²) in [5.41, 5.74) is 2.00. The largest absolute Gasteiger partial charge is 0.497 e. The molecule has 0 spiro atoms. The van der Waals surface area contributed by atoms with E-state index in [1.165, 1.54) is 10.5 Å². The lowest BCUT2D eigenvalue weighted by molar-refractivity contribution is 0.199. The van der Waals surface area contributed by atoms with E-state index < -0.39 is 6.10 Å². The summed E-state index contributed by atoms with van der Waals surface area (Å²) in [6.45, 7) is 2.07. The summed E-state index contributed by atoms with van der Waals surface area (Å²) in [6.07, 6.45) is -0.588. The molecule has 0 aliphatic heterocycles. The van der Waals surface area contributed by atoms with Gasteiger partial charge in [0.15, 0.2) is 0 Å². The van der Waals surface area contributed by atoms with E-state index in [9.17, 15) is 5.11 Å². The smallest absolute Gasteiger partial charge is 0.128 e. The molecule has 2 rings (SSSR count). The summed E-state index contributed by atoms with van der Waals surface area (Å²) in [6, 6.07) is 13.6. The third-order valence-electron chi connectivity index (χ3n) is 3.29. The maximum absolute atomic E-state index is 10.4. The summed E-state index contributed by atoms with van der Waals surface area (Å²) in [5.74, 6) is 1.94. The number of aryl methyl sites for hydroxylation is 1. The normalized spacial score (nSPS) is 12.0. The van der Waals surface area contributed by atoms with Crippen molar-refractivity contribution in [3.8, 4) is 11.5 Å². The maximum Gasteiger partial charge on any atom is 0.128 e. The van der Waals surface area contributed by atoms with Gasteiger partial charge in [0, 0.05) is 22.3 Å². The van der Waals surface area contributed by atoms with E-state index in [1.54, 1.807) is 32.0 Å². The first-order chi connectivity index (χ1) is 10.2. The van der Waals surface area contributed by atoms with E-state index in [2.05, 4.69) is 19.1 Å². The van der Waals surface area contributed by atoms with Crippen LogP contribution in [0.1, 0.15) is 17.2 Å². The molecule has 4 heteroatoms. The predicted octanol–water partition coefficient (Wildman–Crippen LogP) is 3.84. The minimum Gasteiger partial charge on any atom is -0.497 e. The second-order valence-electron chi connectivity index (χ2n) is 4.70. The number of ether oxygens (including phenoxy) is 2. The summed E-state index contributed by atoms with van der Waals surface area (Å²) in [5, 5.41) is 10.4. The lowest BCUT2D eigenvalue weighted by Gasteiger charge is -2.16. The van der Waals surface area contributed by atoms with Crippen LogP contribution in [-0.2, 0) is 0 Å². The fourth-order valence-corrected chi connectivity index (χ4v) is 3.06. The van der Waals surface area contributed by atoms with Gasteiger partial charge in [0.05, 0.1) is 20.3 Å². The third kappa shape index (κ3) is 3.93. The predicted molar refractivity (Wildman–Crippen MR) is 86.4 cm³/mol. The summed E-state index contributed by atoms with van der Waals surface area (Å²) < 4.78 is 10.5. The van der Waals surface area contributed by atoms with Crippen LogP contribution in [0.25, 0.3) is 0 Å². The molecule has 2 aromatic carbocycles. The molecule has 0 radical (unpaired) electrons. The Balaban J connectivity index is 2.10. The minimum absolute atomic E-state index is 0.577. The number of rotatable bonds is 6. The number of aliphatic hydroxyl groups is 1. The van der Waals surface area contributed by atoms with Gasteiger partial charge < -0.3 is 14.6 Å². The van der Waals surface area contributed by atoms with E-state index in [-0.39, 0.29) is 0 Å². The zero-order chi connectivity index (χ0) is 15.2. The van der Waals surface area contributed by atoms with Crippen molar-refractivity contribution in [2.24, 2.45) is 0 Å². The van der Waals surface area contributed by atoms with Crippen molar-refractivity contribution in [3.63, 3.8) is 0 Å². The van der Waals surface area contributed by atoms with E-state index in [4.69, 9.17) is 9.47 Å². The van der Waals surface area contributed by atoms with Crippen molar-refractivity contribution in [1.29, 1.82) is 0 Å². The standard InChI is InChI=1S/C17H20O3S/c1-12-6-4-5-7-17(12)21-11-15(18)14-9-8-13(19-2)10-16(14)20-3/h4-10,15,18H,11H2,1-3H3. The molecule has 0 aliphatic carbocycles. The molecule has 0 aromatic heterocycles. The average Bonchev–Trinajstić information content (AvgIpc) is 2.53. The molecule has 3 nitrogen and oxygen atoms in total. The van der Waals surface area contributed by atoms with Crippen LogP contribution in [0, 0.1) is 6.92 Å². The van der Waals surface area contributed by atoms with Crippen LogP contribution in [-0.4, -0.2) is 25.1 Å². The molecule has 0 fully saturated rings. The summed E-state index contributed by atoms with van der Waals surface area (Å²) in [7, 11) is 3.21. The van der Waals surface area contributed by atoms with Crippen LogP contribution in [0.5, 0.6) is 11.5 Å². The summed E-state index contributed by atoms with van der Waals surface area (Å²) >= 11 is 1.64. The van der Waals surface area contributed by atoms with Crippen molar-refractivity contribution >= 4 is 11.8 Å². The quantitative estimate of drug-likeness (QED) is 0.823. The molecule has 112 valence electrons. The van der Waals surface area contributed by atoms with E-state index >= 15 is 0 Å². The molecule has 0 bridgehead atoms. The van der Waals surface area contributed by atoms with Crippen molar-refractivity contribution < 1.29 is 14.6 Å². The van der Waals surface area contributed by atoms with Crippen LogP contribution in [0.3, 0.4) is 0 Å². The second-order valence-corrected chi connectivity index (χ2v) is 5.76. The lowest BCUT2D eigenvalue weighted by Crippen LogP contribution is -2.04. The van der Waals surface area contributed by atoms with Gasteiger partial charge in [0.25, 0.3) is 0 Å². The number of hydrogen-bond acceptors (Lipinski definition) is 4. The average molecular weight is 304 g/mol. The molecule has 2 aromatic rings. The summed E-state index contributed by atoms with van der Waals surface area (Å²) in [4.78, 5) is 1.18. The van der Waals surface area contributed by atoms with Crippen molar-refractivity contribution in [3.05, 3.63) is 53.6 Å². The van der Waals surface area contributed by atoms with Crippen molar-refractivity contribution in [1.82, 2.24) is 0 Å². The lowest BCUT2D eigenvalue weighted by atomic mass is 10.1. The zero-order valence-corrected chi connectivity index (χ0v) is 13.3. The number of hydrogen-bond donors (Lipinski definition) is 1. The topological polar surface area (TPSA) is 38.7 Å². The number of methoxy groups -OCH3 is 2. The molecule has 1 unspecified atom stereocenters. The fraction of sp³-hybridized carbons (Fsp3) is 0.294. The Morgan fingerprint density at radius 1 is 1.10 bits per heavy atom. The Morgan fingerprint density at radius 2 is 1.86 bits per heavy atom. The highest BCUT2D eigenvalue weighted by Crippen LogP contribution is 2.33. The van der Waals surface area contributed by atoms with Crippen LogP contribution < -0.4 is 9.47 Å². The highest BCUT2D eigenvalue weighted by Gasteiger charge is 2.15. The molecule has 0 amide bonds. The highest BCUT2D eigenvalue weighted by atomic mass is 32.2. The van der Waals surface area contributed by atoms with Gasteiger partial charge in [-0.1, -0.05) is 18.2 Å². The number of thioether (sulfide) groups is 1. The Kier molecular flexibility index (Phi) is 5.53. The molecular formula is C17H20O3S. The van der Waals surface area contributed by atoms with Crippen LogP contribution in [0.2, 0.25) is 0 Å².